The third-order valence-corrected chi connectivity index (χ3v) is 6.38. The van der Waals surface area contributed by atoms with Crippen molar-refractivity contribution in [2.75, 3.05) is 13.2 Å². The van der Waals surface area contributed by atoms with Gasteiger partial charge in [0.1, 0.15) is 18.1 Å². The molecule has 0 spiro atoms. The van der Waals surface area contributed by atoms with Gasteiger partial charge < -0.3 is 4.74 Å². The minimum absolute atomic E-state index is 0.647. The van der Waals surface area contributed by atoms with E-state index in [4.69, 9.17) is 16.3 Å². The molecule has 0 saturated carbocycles. The predicted molar refractivity (Wildman–Crippen MR) is 132 cm³/mol. The summed E-state index contributed by atoms with van der Waals surface area (Å²) in [6.07, 6.45) is 5.76. The van der Waals surface area contributed by atoms with Crippen molar-refractivity contribution in [3.8, 4) is 28.7 Å². The van der Waals surface area contributed by atoms with Gasteiger partial charge in [-0.3, -0.25) is 4.90 Å². The first-order chi connectivity index (χ1) is 15.6. The Labute approximate surface area is 196 Å². The van der Waals surface area contributed by atoms with E-state index in [1.807, 2.05) is 66.9 Å². The van der Waals surface area contributed by atoms with E-state index in [9.17, 15) is 0 Å². The van der Waals surface area contributed by atoms with Crippen LogP contribution in [0.4, 0.5) is 0 Å². The summed E-state index contributed by atoms with van der Waals surface area (Å²) < 4.78 is 5.98. The Morgan fingerprint density at radius 2 is 1.59 bits per heavy atom. The Morgan fingerprint density at radius 3 is 2.25 bits per heavy atom. The predicted octanol–water partition coefficient (Wildman–Crippen LogP) is 6.44. The second-order valence-corrected chi connectivity index (χ2v) is 8.87. The highest BCUT2D eigenvalue weighted by atomic mass is 35.5. The molecule has 1 aliphatic rings. The van der Waals surface area contributed by atoms with E-state index < -0.39 is 0 Å². The van der Waals surface area contributed by atoms with Crippen LogP contribution in [0, 0.1) is 11.8 Å². The molecule has 3 aromatic rings. The maximum atomic E-state index is 5.98. The molecule has 2 heterocycles. The lowest BCUT2D eigenvalue weighted by atomic mass is 9.98. The van der Waals surface area contributed by atoms with Gasteiger partial charge >= 0.3 is 0 Å². The Bertz CT molecular complexity index is 1060. The molecule has 2 atom stereocenters. The summed E-state index contributed by atoms with van der Waals surface area (Å²) in [5.74, 6) is 7.20. The molecule has 1 aromatic heterocycles. The van der Waals surface area contributed by atoms with Crippen molar-refractivity contribution >= 4 is 11.6 Å². The largest absolute Gasteiger partial charge is 0.492 e. The van der Waals surface area contributed by atoms with Crippen LogP contribution in [0.15, 0.2) is 66.9 Å². The van der Waals surface area contributed by atoms with Crippen molar-refractivity contribution in [1.29, 1.82) is 0 Å². The average Bonchev–Trinajstić information content (AvgIpc) is 2.81. The zero-order valence-corrected chi connectivity index (χ0v) is 19.5. The molecule has 0 radical (unpaired) electrons. The number of hydrogen-bond acceptors (Lipinski definition) is 3. The molecule has 2 aromatic carbocycles. The van der Waals surface area contributed by atoms with E-state index in [0.717, 1.165) is 39.7 Å². The number of benzene rings is 2. The van der Waals surface area contributed by atoms with Crippen molar-refractivity contribution in [1.82, 2.24) is 9.88 Å². The van der Waals surface area contributed by atoms with Crippen LogP contribution in [0.2, 0.25) is 5.02 Å². The molecule has 4 heteroatoms. The van der Waals surface area contributed by atoms with Crippen molar-refractivity contribution in [3.63, 3.8) is 0 Å². The molecule has 164 valence electrons. The molecule has 1 aliphatic heterocycles. The molecule has 2 unspecified atom stereocenters. The van der Waals surface area contributed by atoms with Gasteiger partial charge in [-0.05, 0) is 80.6 Å². The average molecular weight is 445 g/mol. The SMILES string of the molecule is CC1CCCC(C)N1CCOc1ccc(C#Cc2ccc(-c3ccc(Cl)cc3)cn2)cc1. The summed E-state index contributed by atoms with van der Waals surface area (Å²) in [5, 5.41) is 0.729. The normalized spacial score (nSPS) is 18.6. The third-order valence-electron chi connectivity index (χ3n) is 6.12. The number of ether oxygens (including phenoxy) is 1. The topological polar surface area (TPSA) is 25.4 Å². The second-order valence-electron chi connectivity index (χ2n) is 8.43. The molecule has 4 rings (SSSR count). The molecular weight excluding hydrogens is 416 g/mol. The highest BCUT2D eigenvalue weighted by molar-refractivity contribution is 6.30. The van der Waals surface area contributed by atoms with Gasteiger partial charge in [-0.25, -0.2) is 4.98 Å². The summed E-state index contributed by atoms with van der Waals surface area (Å²) >= 11 is 5.96. The van der Waals surface area contributed by atoms with Gasteiger partial charge in [-0.1, -0.05) is 42.1 Å². The first-order valence-electron chi connectivity index (χ1n) is 11.3. The smallest absolute Gasteiger partial charge is 0.119 e. The summed E-state index contributed by atoms with van der Waals surface area (Å²) in [7, 11) is 0. The number of halogens is 1. The molecule has 0 amide bonds. The Balaban J connectivity index is 1.31. The molecular formula is C28H29ClN2O. The molecule has 3 nitrogen and oxygen atoms in total. The minimum atomic E-state index is 0.647. The van der Waals surface area contributed by atoms with Crippen LogP contribution in [0.5, 0.6) is 5.75 Å². The fourth-order valence-corrected chi connectivity index (χ4v) is 4.36. The molecule has 0 aliphatic carbocycles. The van der Waals surface area contributed by atoms with Gasteiger partial charge in [0.25, 0.3) is 0 Å². The Hall–Kier alpha value is -2.80. The Morgan fingerprint density at radius 1 is 0.906 bits per heavy atom. The van der Waals surface area contributed by atoms with Crippen LogP contribution in [0.25, 0.3) is 11.1 Å². The standard InChI is InChI=1S/C28H29ClN2O/c1-21-4-3-5-22(2)31(21)18-19-32-28-16-7-23(8-17-28)6-14-27-15-11-25(20-30-27)24-9-12-26(29)13-10-24/h7-13,15-17,20-22H,3-5,18-19H2,1-2H3. The quantitative estimate of drug-likeness (QED) is 0.423. The first-order valence-corrected chi connectivity index (χ1v) is 11.7. The molecule has 0 bridgehead atoms. The van der Waals surface area contributed by atoms with E-state index >= 15 is 0 Å². The monoisotopic (exact) mass is 444 g/mol. The molecule has 1 fully saturated rings. The number of aromatic nitrogens is 1. The third kappa shape index (κ3) is 5.91. The van der Waals surface area contributed by atoms with Crippen LogP contribution >= 0.6 is 11.6 Å². The van der Waals surface area contributed by atoms with Gasteiger partial charge in [-0.15, -0.1) is 0 Å². The van der Waals surface area contributed by atoms with Gasteiger partial charge in [0, 0.05) is 41.0 Å². The van der Waals surface area contributed by atoms with Gasteiger partial charge in [0.15, 0.2) is 0 Å². The van der Waals surface area contributed by atoms with E-state index in [1.165, 1.54) is 19.3 Å². The van der Waals surface area contributed by atoms with Crippen LogP contribution in [-0.2, 0) is 0 Å². The fourth-order valence-electron chi connectivity index (χ4n) is 4.24. The number of rotatable bonds is 5. The lowest BCUT2D eigenvalue weighted by Crippen LogP contribution is -2.45. The lowest BCUT2D eigenvalue weighted by molar-refractivity contribution is 0.0851. The van der Waals surface area contributed by atoms with Crippen LogP contribution < -0.4 is 4.74 Å². The van der Waals surface area contributed by atoms with Crippen molar-refractivity contribution in [3.05, 3.63) is 83.1 Å². The number of pyridine rings is 1. The van der Waals surface area contributed by atoms with Crippen molar-refractivity contribution in [2.45, 2.75) is 45.2 Å². The minimum Gasteiger partial charge on any atom is -0.492 e. The van der Waals surface area contributed by atoms with Crippen molar-refractivity contribution < 1.29 is 4.74 Å². The van der Waals surface area contributed by atoms with Gasteiger partial charge in [0.2, 0.25) is 0 Å². The summed E-state index contributed by atoms with van der Waals surface area (Å²) in [6, 6.07) is 21.0. The summed E-state index contributed by atoms with van der Waals surface area (Å²) in [4.78, 5) is 7.04. The maximum Gasteiger partial charge on any atom is 0.119 e. The summed E-state index contributed by atoms with van der Waals surface area (Å²) in [6.45, 7) is 6.33. The van der Waals surface area contributed by atoms with E-state index in [-0.39, 0.29) is 0 Å². The van der Waals surface area contributed by atoms with Crippen molar-refractivity contribution in [2.24, 2.45) is 0 Å². The first kappa shape index (κ1) is 22.4. The number of likely N-dealkylation sites (tertiary alicyclic amines) is 1. The number of nitrogens with zero attached hydrogens (tertiary/aromatic N) is 2. The van der Waals surface area contributed by atoms with Crippen LogP contribution in [0.1, 0.15) is 44.4 Å². The highest BCUT2D eigenvalue weighted by Crippen LogP contribution is 2.23. The molecule has 0 N–H and O–H groups in total. The van der Waals surface area contributed by atoms with Crippen LogP contribution in [0.3, 0.4) is 0 Å². The molecule has 32 heavy (non-hydrogen) atoms. The Kier molecular flexibility index (Phi) is 7.47. The van der Waals surface area contributed by atoms with Gasteiger partial charge in [0.05, 0.1) is 0 Å². The van der Waals surface area contributed by atoms with Crippen LogP contribution in [-0.4, -0.2) is 35.1 Å². The van der Waals surface area contributed by atoms with Gasteiger partial charge in [-0.2, -0.15) is 0 Å². The van der Waals surface area contributed by atoms with E-state index in [2.05, 4.69) is 35.6 Å². The summed E-state index contributed by atoms with van der Waals surface area (Å²) in [5.41, 5.74) is 3.82. The number of hydrogen-bond donors (Lipinski definition) is 0. The second kappa shape index (κ2) is 10.7. The van der Waals surface area contributed by atoms with E-state index in [1.54, 1.807) is 0 Å². The zero-order valence-electron chi connectivity index (χ0n) is 18.7. The fraction of sp³-hybridized carbons (Fsp3) is 0.321. The maximum absolute atomic E-state index is 5.98. The highest BCUT2D eigenvalue weighted by Gasteiger charge is 2.24. The zero-order chi connectivity index (χ0) is 22.3. The van der Waals surface area contributed by atoms with E-state index in [0.29, 0.717) is 18.7 Å². The lowest BCUT2D eigenvalue weighted by Gasteiger charge is -2.38. The number of piperidine rings is 1. The molecule has 1 saturated heterocycles.